The van der Waals surface area contributed by atoms with Gasteiger partial charge in [-0.15, -0.1) is 0 Å². The van der Waals surface area contributed by atoms with Gasteiger partial charge in [-0.2, -0.15) is 0 Å². The molecule has 0 radical (unpaired) electrons. The van der Waals surface area contributed by atoms with Crippen LogP contribution < -0.4 is 9.62 Å². The highest BCUT2D eigenvalue weighted by atomic mass is 35.5. The Morgan fingerprint density at radius 1 is 1.05 bits per heavy atom. The average molecular weight is 573 g/mol. The standard InChI is InChI=1S/C26H32Cl2FN3O4S/c1-3-24(26(34)30-22-7-5-4-6-8-22)31(16-18-9-11-21(29)12-10-18)25(33)17-32(37(2,35)36)23-14-19(27)13-20(28)15-23/h9-15,22,24H,3-8,16-17H2,1-2H3,(H,30,34). The van der Waals surface area contributed by atoms with Gasteiger partial charge in [0.25, 0.3) is 0 Å². The first-order chi connectivity index (χ1) is 17.5. The zero-order valence-electron chi connectivity index (χ0n) is 20.9. The average Bonchev–Trinajstić information content (AvgIpc) is 2.82. The van der Waals surface area contributed by atoms with Crippen LogP contribution in [0.25, 0.3) is 0 Å². The predicted molar refractivity (Wildman–Crippen MR) is 145 cm³/mol. The summed E-state index contributed by atoms with van der Waals surface area (Å²) in [7, 11) is -3.92. The molecule has 1 saturated carbocycles. The van der Waals surface area contributed by atoms with Crippen LogP contribution in [0, 0.1) is 5.82 Å². The van der Waals surface area contributed by atoms with Crippen molar-refractivity contribution >= 4 is 50.7 Å². The minimum atomic E-state index is -3.92. The Bertz CT molecular complexity index is 1180. The second-order valence-electron chi connectivity index (χ2n) is 9.31. The fraction of sp³-hybridized carbons (Fsp3) is 0.462. The quantitative estimate of drug-likeness (QED) is 0.427. The summed E-state index contributed by atoms with van der Waals surface area (Å²) in [5.41, 5.74) is 0.741. The normalized spacial score (nSPS) is 15.2. The van der Waals surface area contributed by atoms with Crippen molar-refractivity contribution in [2.75, 3.05) is 17.1 Å². The fourth-order valence-corrected chi connectivity index (χ4v) is 5.90. The Morgan fingerprint density at radius 2 is 1.65 bits per heavy atom. The highest BCUT2D eigenvalue weighted by Crippen LogP contribution is 2.27. The summed E-state index contributed by atoms with van der Waals surface area (Å²) in [6.07, 6.45) is 6.25. The zero-order chi connectivity index (χ0) is 27.2. The molecule has 1 unspecified atom stereocenters. The summed E-state index contributed by atoms with van der Waals surface area (Å²) < 4.78 is 39.8. The molecular weight excluding hydrogens is 540 g/mol. The number of benzene rings is 2. The van der Waals surface area contributed by atoms with Crippen LogP contribution in [0.2, 0.25) is 10.0 Å². The summed E-state index contributed by atoms with van der Waals surface area (Å²) in [4.78, 5) is 28.4. The van der Waals surface area contributed by atoms with Crippen molar-refractivity contribution < 1.29 is 22.4 Å². The van der Waals surface area contributed by atoms with E-state index in [1.165, 1.54) is 47.4 Å². The fourth-order valence-electron chi connectivity index (χ4n) is 4.55. The van der Waals surface area contributed by atoms with Gasteiger partial charge in [0.1, 0.15) is 18.4 Å². The van der Waals surface area contributed by atoms with E-state index < -0.39 is 34.3 Å². The van der Waals surface area contributed by atoms with Gasteiger partial charge in [0.15, 0.2) is 0 Å². The van der Waals surface area contributed by atoms with Crippen molar-refractivity contribution in [3.63, 3.8) is 0 Å². The lowest BCUT2D eigenvalue weighted by Gasteiger charge is -2.34. The molecule has 1 aliphatic carbocycles. The Hall–Kier alpha value is -2.36. The first-order valence-corrected chi connectivity index (χ1v) is 14.9. The van der Waals surface area contributed by atoms with Gasteiger partial charge in [-0.25, -0.2) is 12.8 Å². The van der Waals surface area contributed by atoms with Gasteiger partial charge in [0.2, 0.25) is 21.8 Å². The number of amides is 2. The Balaban J connectivity index is 1.92. The highest BCUT2D eigenvalue weighted by molar-refractivity contribution is 7.92. The van der Waals surface area contributed by atoms with E-state index in [2.05, 4.69) is 5.32 Å². The summed E-state index contributed by atoms with van der Waals surface area (Å²) in [5, 5.41) is 3.50. The minimum Gasteiger partial charge on any atom is -0.352 e. The maximum absolute atomic E-state index is 13.7. The molecule has 202 valence electrons. The molecule has 1 atom stereocenters. The van der Waals surface area contributed by atoms with Crippen LogP contribution in [0.5, 0.6) is 0 Å². The number of hydrogen-bond acceptors (Lipinski definition) is 4. The van der Waals surface area contributed by atoms with Crippen LogP contribution in [-0.4, -0.2) is 50.0 Å². The summed E-state index contributed by atoms with van der Waals surface area (Å²) >= 11 is 12.2. The number of rotatable bonds is 10. The summed E-state index contributed by atoms with van der Waals surface area (Å²) in [6.45, 7) is 1.23. The lowest BCUT2D eigenvalue weighted by atomic mass is 9.95. The van der Waals surface area contributed by atoms with Crippen molar-refractivity contribution in [1.29, 1.82) is 0 Å². The van der Waals surface area contributed by atoms with Gasteiger partial charge in [0.05, 0.1) is 11.9 Å². The molecule has 1 aliphatic rings. The number of sulfonamides is 1. The molecule has 2 aromatic carbocycles. The predicted octanol–water partition coefficient (Wildman–Crippen LogP) is 5.15. The number of hydrogen-bond donors (Lipinski definition) is 1. The Kier molecular flexibility index (Phi) is 10.2. The minimum absolute atomic E-state index is 0.00358. The lowest BCUT2D eigenvalue weighted by molar-refractivity contribution is -0.140. The van der Waals surface area contributed by atoms with E-state index in [1.54, 1.807) is 6.92 Å². The van der Waals surface area contributed by atoms with Crippen molar-refractivity contribution in [1.82, 2.24) is 10.2 Å². The van der Waals surface area contributed by atoms with E-state index in [9.17, 15) is 22.4 Å². The maximum atomic E-state index is 13.7. The second-order valence-corrected chi connectivity index (χ2v) is 12.1. The monoisotopic (exact) mass is 571 g/mol. The van der Waals surface area contributed by atoms with Crippen LogP contribution in [0.3, 0.4) is 0 Å². The molecule has 2 aromatic rings. The molecule has 0 saturated heterocycles. The van der Waals surface area contributed by atoms with Crippen LogP contribution >= 0.6 is 23.2 Å². The van der Waals surface area contributed by atoms with Gasteiger partial charge < -0.3 is 10.2 Å². The van der Waals surface area contributed by atoms with E-state index in [-0.39, 0.29) is 34.2 Å². The maximum Gasteiger partial charge on any atom is 0.244 e. The van der Waals surface area contributed by atoms with E-state index in [0.29, 0.717) is 12.0 Å². The van der Waals surface area contributed by atoms with E-state index in [4.69, 9.17) is 23.2 Å². The molecule has 2 amide bonds. The van der Waals surface area contributed by atoms with Crippen LogP contribution in [0.4, 0.5) is 10.1 Å². The number of carbonyl (C=O) groups excluding carboxylic acids is 2. The van der Waals surface area contributed by atoms with Gasteiger partial charge in [-0.05, 0) is 55.2 Å². The van der Waals surface area contributed by atoms with Crippen molar-refractivity contribution in [3.8, 4) is 0 Å². The molecular formula is C26H32Cl2FN3O4S. The molecule has 0 bridgehead atoms. The van der Waals surface area contributed by atoms with Gasteiger partial charge in [-0.1, -0.05) is 61.5 Å². The molecule has 11 heteroatoms. The molecule has 0 aliphatic heterocycles. The van der Waals surface area contributed by atoms with E-state index in [1.807, 2.05) is 0 Å². The Morgan fingerprint density at radius 3 is 2.19 bits per heavy atom. The summed E-state index contributed by atoms with van der Waals surface area (Å²) in [5.74, 6) is -1.30. The van der Waals surface area contributed by atoms with Crippen LogP contribution in [-0.2, 0) is 26.2 Å². The number of anilines is 1. The molecule has 0 aromatic heterocycles. The third-order valence-corrected chi connectivity index (χ3v) is 8.00. The molecule has 7 nitrogen and oxygen atoms in total. The Labute approximate surface area is 228 Å². The first kappa shape index (κ1) is 29.2. The van der Waals surface area contributed by atoms with Crippen molar-refractivity contribution in [2.45, 2.75) is 64.1 Å². The first-order valence-electron chi connectivity index (χ1n) is 12.3. The third kappa shape index (κ3) is 8.32. The topological polar surface area (TPSA) is 86.8 Å². The zero-order valence-corrected chi connectivity index (χ0v) is 23.3. The van der Waals surface area contributed by atoms with E-state index >= 15 is 0 Å². The third-order valence-electron chi connectivity index (χ3n) is 6.42. The van der Waals surface area contributed by atoms with E-state index in [0.717, 1.165) is 42.7 Å². The number of halogens is 3. The molecule has 1 N–H and O–H groups in total. The smallest absolute Gasteiger partial charge is 0.244 e. The van der Waals surface area contributed by atoms with Crippen LogP contribution in [0.15, 0.2) is 42.5 Å². The number of carbonyl (C=O) groups is 2. The van der Waals surface area contributed by atoms with Crippen molar-refractivity contribution in [3.05, 3.63) is 63.9 Å². The van der Waals surface area contributed by atoms with Crippen molar-refractivity contribution in [2.24, 2.45) is 0 Å². The number of nitrogens with one attached hydrogen (secondary N) is 1. The molecule has 37 heavy (non-hydrogen) atoms. The van der Waals surface area contributed by atoms with Gasteiger partial charge in [-0.3, -0.25) is 13.9 Å². The second kappa shape index (κ2) is 12.9. The SMILES string of the molecule is CCC(C(=O)NC1CCCCC1)N(Cc1ccc(F)cc1)C(=O)CN(c1cc(Cl)cc(Cl)c1)S(C)(=O)=O. The van der Waals surface area contributed by atoms with Crippen LogP contribution in [0.1, 0.15) is 51.0 Å². The van der Waals surface area contributed by atoms with Gasteiger partial charge in [0, 0.05) is 22.6 Å². The summed E-state index contributed by atoms with van der Waals surface area (Å²) in [6, 6.07) is 9.08. The largest absolute Gasteiger partial charge is 0.352 e. The number of nitrogens with zero attached hydrogens (tertiary/aromatic N) is 2. The lowest BCUT2D eigenvalue weighted by Crippen LogP contribution is -2.53. The molecule has 0 heterocycles. The molecule has 0 spiro atoms. The van der Waals surface area contributed by atoms with Gasteiger partial charge >= 0.3 is 0 Å². The molecule has 1 fully saturated rings. The molecule has 3 rings (SSSR count). The highest BCUT2D eigenvalue weighted by Gasteiger charge is 2.33.